The summed E-state index contributed by atoms with van der Waals surface area (Å²) in [6.45, 7) is 4.91. The van der Waals surface area contributed by atoms with Crippen LogP contribution < -0.4 is 5.32 Å². The average molecular weight is 216 g/mol. The summed E-state index contributed by atoms with van der Waals surface area (Å²) in [4.78, 5) is 0. The molecule has 2 aromatic rings. The van der Waals surface area contributed by atoms with Gasteiger partial charge in [0.05, 0.1) is 6.54 Å². The molecule has 84 valence electrons. The van der Waals surface area contributed by atoms with Gasteiger partial charge in [-0.15, -0.1) is 5.10 Å². The Labute approximate surface area is 95.3 Å². The van der Waals surface area contributed by atoms with E-state index in [0.717, 1.165) is 11.4 Å². The second-order valence-electron chi connectivity index (χ2n) is 4.06. The second kappa shape index (κ2) is 4.35. The van der Waals surface area contributed by atoms with E-state index in [1.807, 2.05) is 13.2 Å². The number of aryl methyl sites for hydroxylation is 3. The van der Waals surface area contributed by atoms with E-state index in [9.17, 15) is 0 Å². The van der Waals surface area contributed by atoms with Gasteiger partial charge in [-0.25, -0.2) is 0 Å². The van der Waals surface area contributed by atoms with Crippen molar-refractivity contribution in [3.05, 3.63) is 41.2 Å². The van der Waals surface area contributed by atoms with Crippen LogP contribution in [-0.4, -0.2) is 15.0 Å². The summed E-state index contributed by atoms with van der Waals surface area (Å²) in [5.41, 5.74) is 4.63. The van der Waals surface area contributed by atoms with Crippen molar-refractivity contribution in [2.24, 2.45) is 7.05 Å². The number of benzene rings is 1. The molecule has 0 aliphatic carbocycles. The van der Waals surface area contributed by atoms with Crippen LogP contribution in [-0.2, 0) is 13.6 Å². The standard InChI is InChI=1S/C12H16N4/c1-9-4-5-12(10(2)6-9)13-7-11-8-16(3)15-14-11/h4-6,8,13H,7H2,1-3H3. The van der Waals surface area contributed by atoms with Crippen LogP contribution in [0.15, 0.2) is 24.4 Å². The van der Waals surface area contributed by atoms with Crippen molar-refractivity contribution in [2.45, 2.75) is 20.4 Å². The highest BCUT2D eigenvalue weighted by molar-refractivity contribution is 5.51. The maximum absolute atomic E-state index is 4.03. The van der Waals surface area contributed by atoms with E-state index in [0.29, 0.717) is 6.54 Å². The quantitative estimate of drug-likeness (QED) is 0.853. The molecule has 0 bridgehead atoms. The summed E-state index contributed by atoms with van der Waals surface area (Å²) in [6.07, 6.45) is 1.91. The maximum Gasteiger partial charge on any atom is 0.102 e. The van der Waals surface area contributed by atoms with E-state index in [2.05, 4.69) is 47.7 Å². The van der Waals surface area contributed by atoms with Crippen molar-refractivity contribution >= 4 is 5.69 Å². The van der Waals surface area contributed by atoms with Crippen molar-refractivity contribution in [3.63, 3.8) is 0 Å². The second-order valence-corrected chi connectivity index (χ2v) is 4.06. The highest BCUT2D eigenvalue weighted by Crippen LogP contribution is 2.16. The molecule has 4 heteroatoms. The lowest BCUT2D eigenvalue weighted by Crippen LogP contribution is -2.01. The molecule has 1 aromatic carbocycles. The molecular formula is C12H16N4. The molecule has 0 amide bonds. The Morgan fingerprint density at radius 2 is 2.12 bits per heavy atom. The minimum Gasteiger partial charge on any atom is -0.379 e. The third kappa shape index (κ3) is 2.39. The van der Waals surface area contributed by atoms with Crippen LogP contribution >= 0.6 is 0 Å². The number of anilines is 1. The number of hydrogen-bond donors (Lipinski definition) is 1. The van der Waals surface area contributed by atoms with Gasteiger partial charge in [-0.3, -0.25) is 4.68 Å². The van der Waals surface area contributed by atoms with Crippen molar-refractivity contribution in [1.82, 2.24) is 15.0 Å². The van der Waals surface area contributed by atoms with Gasteiger partial charge in [0.15, 0.2) is 0 Å². The van der Waals surface area contributed by atoms with Gasteiger partial charge in [-0.05, 0) is 25.5 Å². The van der Waals surface area contributed by atoms with E-state index in [1.165, 1.54) is 11.1 Å². The zero-order valence-corrected chi connectivity index (χ0v) is 9.86. The van der Waals surface area contributed by atoms with Crippen molar-refractivity contribution < 1.29 is 0 Å². The Bertz CT molecular complexity index is 488. The molecule has 0 unspecified atom stereocenters. The zero-order valence-electron chi connectivity index (χ0n) is 9.86. The minimum absolute atomic E-state index is 0.706. The van der Waals surface area contributed by atoms with Gasteiger partial charge in [0.2, 0.25) is 0 Å². The lowest BCUT2D eigenvalue weighted by Gasteiger charge is -2.08. The van der Waals surface area contributed by atoms with E-state index in [1.54, 1.807) is 4.68 Å². The van der Waals surface area contributed by atoms with Gasteiger partial charge in [0.1, 0.15) is 5.69 Å². The molecule has 1 heterocycles. The van der Waals surface area contributed by atoms with Crippen molar-refractivity contribution in [3.8, 4) is 0 Å². The van der Waals surface area contributed by atoms with Crippen LogP contribution in [0.4, 0.5) is 5.69 Å². The first kappa shape index (κ1) is 10.7. The van der Waals surface area contributed by atoms with E-state index in [4.69, 9.17) is 0 Å². The first-order valence-corrected chi connectivity index (χ1v) is 5.31. The number of nitrogens with one attached hydrogen (secondary N) is 1. The summed E-state index contributed by atoms with van der Waals surface area (Å²) < 4.78 is 1.71. The van der Waals surface area contributed by atoms with Crippen molar-refractivity contribution in [1.29, 1.82) is 0 Å². The van der Waals surface area contributed by atoms with Gasteiger partial charge in [0, 0.05) is 18.9 Å². The van der Waals surface area contributed by atoms with Gasteiger partial charge >= 0.3 is 0 Å². The third-order valence-electron chi connectivity index (χ3n) is 2.49. The highest BCUT2D eigenvalue weighted by atomic mass is 15.4. The number of aromatic nitrogens is 3. The molecule has 4 nitrogen and oxygen atoms in total. The largest absolute Gasteiger partial charge is 0.379 e. The molecule has 1 N–H and O–H groups in total. The summed E-state index contributed by atoms with van der Waals surface area (Å²) in [5.74, 6) is 0. The van der Waals surface area contributed by atoms with Crippen LogP contribution in [0.1, 0.15) is 16.8 Å². The number of rotatable bonds is 3. The fraction of sp³-hybridized carbons (Fsp3) is 0.333. The fourth-order valence-electron chi connectivity index (χ4n) is 1.67. The monoisotopic (exact) mass is 216 g/mol. The van der Waals surface area contributed by atoms with Gasteiger partial charge in [-0.1, -0.05) is 22.9 Å². The lowest BCUT2D eigenvalue weighted by atomic mass is 10.1. The molecule has 0 atom stereocenters. The maximum atomic E-state index is 4.03. The van der Waals surface area contributed by atoms with Crippen LogP contribution in [0, 0.1) is 13.8 Å². The summed E-state index contributed by atoms with van der Waals surface area (Å²) in [7, 11) is 1.87. The van der Waals surface area contributed by atoms with E-state index < -0.39 is 0 Å². The smallest absolute Gasteiger partial charge is 0.102 e. The van der Waals surface area contributed by atoms with E-state index in [-0.39, 0.29) is 0 Å². The predicted molar refractivity (Wildman–Crippen MR) is 64.2 cm³/mol. The molecule has 0 saturated carbocycles. The molecule has 2 rings (SSSR count). The molecule has 0 saturated heterocycles. The molecule has 0 radical (unpaired) electrons. The number of nitrogens with zero attached hydrogens (tertiary/aromatic N) is 3. The van der Waals surface area contributed by atoms with Crippen LogP contribution in [0.25, 0.3) is 0 Å². The Kier molecular flexibility index (Phi) is 2.90. The average Bonchev–Trinajstić information content (AvgIpc) is 2.63. The Morgan fingerprint density at radius 1 is 1.31 bits per heavy atom. The molecular weight excluding hydrogens is 200 g/mol. The zero-order chi connectivity index (χ0) is 11.5. The minimum atomic E-state index is 0.706. The Morgan fingerprint density at radius 3 is 2.75 bits per heavy atom. The first-order chi connectivity index (χ1) is 7.65. The molecule has 0 spiro atoms. The SMILES string of the molecule is Cc1ccc(NCc2cn(C)nn2)c(C)c1. The number of hydrogen-bond acceptors (Lipinski definition) is 3. The van der Waals surface area contributed by atoms with Crippen LogP contribution in [0.5, 0.6) is 0 Å². The first-order valence-electron chi connectivity index (χ1n) is 5.31. The summed E-state index contributed by atoms with van der Waals surface area (Å²) in [5, 5.41) is 11.3. The normalized spacial score (nSPS) is 10.4. The summed E-state index contributed by atoms with van der Waals surface area (Å²) >= 11 is 0. The topological polar surface area (TPSA) is 42.7 Å². The predicted octanol–water partition coefficient (Wildman–Crippen LogP) is 2.04. The van der Waals surface area contributed by atoms with Crippen LogP contribution in [0.2, 0.25) is 0 Å². The molecule has 16 heavy (non-hydrogen) atoms. The molecule has 0 aliphatic rings. The van der Waals surface area contributed by atoms with Gasteiger partial charge < -0.3 is 5.32 Å². The van der Waals surface area contributed by atoms with Crippen LogP contribution in [0.3, 0.4) is 0 Å². The van der Waals surface area contributed by atoms with E-state index >= 15 is 0 Å². The van der Waals surface area contributed by atoms with Gasteiger partial charge in [0.25, 0.3) is 0 Å². The van der Waals surface area contributed by atoms with Gasteiger partial charge in [-0.2, -0.15) is 0 Å². The Hall–Kier alpha value is -1.84. The highest BCUT2D eigenvalue weighted by Gasteiger charge is 2.00. The fourth-order valence-corrected chi connectivity index (χ4v) is 1.67. The molecule has 0 fully saturated rings. The molecule has 1 aromatic heterocycles. The lowest BCUT2D eigenvalue weighted by molar-refractivity contribution is 0.713. The third-order valence-corrected chi connectivity index (χ3v) is 2.49. The van der Waals surface area contributed by atoms with Crippen molar-refractivity contribution in [2.75, 3.05) is 5.32 Å². The Balaban J connectivity index is 2.04. The molecule has 0 aliphatic heterocycles. The summed E-state index contributed by atoms with van der Waals surface area (Å²) in [6, 6.07) is 6.37.